The fourth-order valence-corrected chi connectivity index (χ4v) is 2.65. The van der Waals surface area contributed by atoms with Crippen molar-refractivity contribution in [3.05, 3.63) is 29.3 Å². The van der Waals surface area contributed by atoms with Gasteiger partial charge in [-0.3, -0.25) is 4.90 Å². The Labute approximate surface area is 143 Å². The van der Waals surface area contributed by atoms with Gasteiger partial charge in [-0.15, -0.1) is 18.8 Å². The first-order valence-electron chi connectivity index (χ1n) is 7.11. The molecule has 1 aromatic rings. The molecule has 1 aromatic carbocycles. The summed E-state index contributed by atoms with van der Waals surface area (Å²) in [7, 11) is 0. The summed E-state index contributed by atoms with van der Waals surface area (Å²) >= 11 is 6.02. The van der Waals surface area contributed by atoms with E-state index in [4.69, 9.17) is 22.8 Å². The van der Waals surface area contributed by atoms with Crippen LogP contribution in [-0.4, -0.2) is 62.0 Å². The van der Waals surface area contributed by atoms with E-state index in [1.807, 2.05) is 18.2 Å². The molecule has 1 atom stereocenters. The third-order valence-corrected chi connectivity index (χ3v) is 3.75. The molecule has 4 nitrogen and oxygen atoms in total. The molecule has 22 heavy (non-hydrogen) atoms. The summed E-state index contributed by atoms with van der Waals surface area (Å²) in [6, 6.07) is 7.91. The van der Waals surface area contributed by atoms with Gasteiger partial charge in [-0.2, -0.15) is 0 Å². The summed E-state index contributed by atoms with van der Waals surface area (Å²) in [5, 5.41) is 10.6. The fraction of sp³-hybridized carbons (Fsp3) is 0.500. The molecule has 6 heteroatoms. The Bertz CT molecular complexity index is 485. The van der Waals surface area contributed by atoms with E-state index in [0.717, 1.165) is 36.9 Å². The van der Waals surface area contributed by atoms with Crippen LogP contribution in [0.4, 0.5) is 5.69 Å². The second-order valence-electron chi connectivity index (χ2n) is 5.14. The molecule has 0 amide bonds. The number of nitrogens with zero attached hydrogens (tertiary/aromatic N) is 2. The topological polar surface area (TPSA) is 35.9 Å². The molecule has 1 fully saturated rings. The first-order chi connectivity index (χ1) is 10.2. The third-order valence-electron chi connectivity index (χ3n) is 3.51. The fourth-order valence-electron chi connectivity index (χ4n) is 2.47. The number of hydrogen-bond acceptors (Lipinski definition) is 4. The minimum absolute atomic E-state index is 0. The van der Waals surface area contributed by atoms with Crippen molar-refractivity contribution in [2.75, 3.05) is 50.8 Å². The lowest BCUT2D eigenvalue weighted by atomic mass is 10.2. The van der Waals surface area contributed by atoms with E-state index in [1.165, 1.54) is 0 Å². The molecule has 2 rings (SSSR count). The second-order valence-corrected chi connectivity index (χ2v) is 5.58. The number of halogens is 2. The quantitative estimate of drug-likeness (QED) is 0.631. The van der Waals surface area contributed by atoms with Crippen LogP contribution in [0.3, 0.4) is 0 Å². The Morgan fingerprint density at radius 2 is 2.05 bits per heavy atom. The number of hydrogen-bond donors (Lipinski definition) is 1. The molecule has 1 N–H and O–H groups in total. The Morgan fingerprint density at radius 3 is 2.68 bits per heavy atom. The normalized spacial score (nSPS) is 16.7. The third kappa shape index (κ3) is 6.04. The second kappa shape index (κ2) is 9.94. The average molecular weight is 345 g/mol. The molecule has 0 aliphatic carbocycles. The van der Waals surface area contributed by atoms with E-state index in [1.54, 1.807) is 0 Å². The number of rotatable bonds is 6. The van der Waals surface area contributed by atoms with E-state index in [0.29, 0.717) is 13.2 Å². The maximum absolute atomic E-state index is 9.88. The largest absolute Gasteiger partial charge is 0.389 e. The number of terminal acetylenes is 1. The molecule has 0 saturated carbocycles. The Hall–Kier alpha value is -0.960. The summed E-state index contributed by atoms with van der Waals surface area (Å²) in [5.41, 5.74) is 1.15. The van der Waals surface area contributed by atoms with Crippen molar-refractivity contribution < 1.29 is 9.84 Å². The Balaban J connectivity index is 0.00000242. The Kier molecular flexibility index (Phi) is 8.62. The molecule has 1 heterocycles. The molecule has 122 valence electrons. The number of β-amino-alcohol motifs (C(OH)–C–C–N with tert-alkyl or cyclic N) is 1. The highest BCUT2D eigenvalue weighted by Crippen LogP contribution is 2.20. The van der Waals surface area contributed by atoms with Gasteiger partial charge in [-0.05, 0) is 18.2 Å². The van der Waals surface area contributed by atoms with Gasteiger partial charge in [0.1, 0.15) is 6.61 Å². The van der Waals surface area contributed by atoms with Gasteiger partial charge in [0.15, 0.2) is 0 Å². The van der Waals surface area contributed by atoms with E-state index in [2.05, 4.69) is 21.8 Å². The first kappa shape index (κ1) is 19.1. The van der Waals surface area contributed by atoms with Gasteiger partial charge in [-0.25, -0.2) is 0 Å². The van der Waals surface area contributed by atoms with Crippen LogP contribution in [0.5, 0.6) is 0 Å². The number of benzene rings is 1. The van der Waals surface area contributed by atoms with Crippen molar-refractivity contribution >= 4 is 29.7 Å². The molecule has 1 aliphatic rings. The predicted molar refractivity (Wildman–Crippen MR) is 93.0 cm³/mol. The monoisotopic (exact) mass is 344 g/mol. The molecule has 0 spiro atoms. The van der Waals surface area contributed by atoms with Crippen LogP contribution in [0.1, 0.15) is 0 Å². The van der Waals surface area contributed by atoms with Gasteiger partial charge in [0.2, 0.25) is 0 Å². The molecule has 1 unspecified atom stereocenters. The van der Waals surface area contributed by atoms with Gasteiger partial charge < -0.3 is 14.7 Å². The predicted octanol–water partition coefficient (Wildman–Crippen LogP) is 1.89. The molecule has 1 saturated heterocycles. The number of ether oxygens (including phenoxy) is 1. The van der Waals surface area contributed by atoms with Crippen molar-refractivity contribution in [1.29, 1.82) is 0 Å². The van der Waals surface area contributed by atoms with Gasteiger partial charge >= 0.3 is 0 Å². The van der Waals surface area contributed by atoms with Gasteiger partial charge in [-0.1, -0.05) is 23.6 Å². The number of aliphatic hydroxyl groups excluding tert-OH is 1. The number of anilines is 1. The molecular formula is C16H22Cl2N2O2. The summed E-state index contributed by atoms with van der Waals surface area (Å²) in [5.74, 6) is 2.39. The first-order valence-corrected chi connectivity index (χ1v) is 7.49. The van der Waals surface area contributed by atoms with Crippen LogP contribution in [0.15, 0.2) is 24.3 Å². The summed E-state index contributed by atoms with van der Waals surface area (Å²) in [6.45, 7) is 4.85. The minimum Gasteiger partial charge on any atom is -0.389 e. The molecular weight excluding hydrogens is 323 g/mol. The van der Waals surface area contributed by atoms with Crippen molar-refractivity contribution in [1.82, 2.24) is 4.90 Å². The molecule has 0 radical (unpaired) electrons. The van der Waals surface area contributed by atoms with E-state index in [-0.39, 0.29) is 19.0 Å². The highest BCUT2D eigenvalue weighted by molar-refractivity contribution is 6.30. The lowest BCUT2D eigenvalue weighted by Crippen LogP contribution is -2.49. The lowest BCUT2D eigenvalue weighted by Gasteiger charge is -2.36. The van der Waals surface area contributed by atoms with E-state index in [9.17, 15) is 5.11 Å². The zero-order valence-electron chi connectivity index (χ0n) is 12.4. The standard InChI is InChI=1S/C16H21ClN2O2.ClH/c1-2-10-21-13-16(20)12-18-6-8-19(9-7-18)15-5-3-4-14(17)11-15;/h1,3-5,11,16,20H,6-10,12-13H2;1H. The van der Waals surface area contributed by atoms with Crippen molar-refractivity contribution in [3.63, 3.8) is 0 Å². The molecule has 0 aromatic heterocycles. The van der Waals surface area contributed by atoms with E-state index >= 15 is 0 Å². The van der Waals surface area contributed by atoms with Crippen LogP contribution >= 0.6 is 24.0 Å². The average Bonchev–Trinajstić information content (AvgIpc) is 2.48. The van der Waals surface area contributed by atoms with Gasteiger partial charge in [0.25, 0.3) is 0 Å². The zero-order valence-corrected chi connectivity index (χ0v) is 14.0. The Morgan fingerprint density at radius 1 is 1.32 bits per heavy atom. The van der Waals surface area contributed by atoms with Crippen molar-refractivity contribution in [3.8, 4) is 12.3 Å². The molecule has 0 bridgehead atoms. The highest BCUT2D eigenvalue weighted by Gasteiger charge is 2.19. The number of piperazine rings is 1. The smallest absolute Gasteiger partial charge is 0.107 e. The van der Waals surface area contributed by atoms with Crippen molar-refractivity contribution in [2.24, 2.45) is 0 Å². The van der Waals surface area contributed by atoms with Gasteiger partial charge in [0.05, 0.1) is 12.7 Å². The van der Waals surface area contributed by atoms with Crippen LogP contribution < -0.4 is 4.90 Å². The lowest BCUT2D eigenvalue weighted by molar-refractivity contribution is 0.0267. The van der Waals surface area contributed by atoms with Gasteiger partial charge in [0, 0.05) is 43.4 Å². The highest BCUT2D eigenvalue weighted by atomic mass is 35.5. The zero-order chi connectivity index (χ0) is 15.1. The summed E-state index contributed by atoms with van der Waals surface area (Å²) < 4.78 is 5.15. The van der Waals surface area contributed by atoms with Crippen LogP contribution in [0, 0.1) is 12.3 Å². The maximum atomic E-state index is 9.88. The van der Waals surface area contributed by atoms with Crippen LogP contribution in [0.25, 0.3) is 0 Å². The van der Waals surface area contributed by atoms with E-state index < -0.39 is 6.10 Å². The SMILES string of the molecule is C#CCOCC(O)CN1CCN(c2cccc(Cl)c2)CC1.Cl. The minimum atomic E-state index is -0.490. The number of aliphatic hydroxyl groups is 1. The summed E-state index contributed by atoms with van der Waals surface area (Å²) in [6.07, 6.45) is 4.61. The summed E-state index contributed by atoms with van der Waals surface area (Å²) in [4.78, 5) is 4.55. The van der Waals surface area contributed by atoms with Crippen molar-refractivity contribution in [2.45, 2.75) is 6.10 Å². The van der Waals surface area contributed by atoms with Crippen LogP contribution in [0.2, 0.25) is 5.02 Å². The maximum Gasteiger partial charge on any atom is 0.107 e. The van der Waals surface area contributed by atoms with Crippen LogP contribution in [-0.2, 0) is 4.74 Å². The molecule has 1 aliphatic heterocycles.